The van der Waals surface area contributed by atoms with Gasteiger partial charge in [-0.25, -0.2) is 8.78 Å². The van der Waals surface area contributed by atoms with Crippen molar-refractivity contribution in [1.82, 2.24) is 15.1 Å². The van der Waals surface area contributed by atoms with E-state index in [0.29, 0.717) is 27.8 Å². The Balaban J connectivity index is 1.36. The second kappa shape index (κ2) is 6.97. The molecule has 3 aliphatic rings. The lowest BCUT2D eigenvalue weighted by Crippen LogP contribution is -2.52. The summed E-state index contributed by atoms with van der Waals surface area (Å²) in [5, 5.41) is 2.25. The molecule has 0 aromatic heterocycles. The van der Waals surface area contributed by atoms with Gasteiger partial charge >= 0.3 is 0 Å². The van der Waals surface area contributed by atoms with Crippen LogP contribution in [0.15, 0.2) is 30.3 Å². The Morgan fingerprint density at radius 1 is 1.00 bits per heavy atom. The Kier molecular flexibility index (Phi) is 4.35. The predicted molar refractivity (Wildman–Crippen MR) is 102 cm³/mol. The number of piperidine rings is 1. The minimum absolute atomic E-state index is 0.0404. The molecule has 7 nitrogen and oxygen atoms in total. The second-order valence-corrected chi connectivity index (χ2v) is 7.96. The molecule has 3 heterocycles. The summed E-state index contributed by atoms with van der Waals surface area (Å²) in [7, 11) is 0. The van der Waals surface area contributed by atoms with Gasteiger partial charge in [0, 0.05) is 48.8 Å². The zero-order valence-corrected chi connectivity index (χ0v) is 16.3. The van der Waals surface area contributed by atoms with Crippen LogP contribution in [0.4, 0.5) is 8.78 Å². The number of fused-ring (bicyclic) bond motifs is 2. The van der Waals surface area contributed by atoms with Gasteiger partial charge in [0.05, 0.1) is 0 Å². The van der Waals surface area contributed by atoms with Crippen molar-refractivity contribution in [3.05, 3.63) is 69.8 Å². The van der Waals surface area contributed by atoms with Crippen LogP contribution in [0.25, 0.3) is 0 Å². The molecule has 1 N–H and O–H groups in total. The first kappa shape index (κ1) is 19.3. The van der Waals surface area contributed by atoms with Gasteiger partial charge in [-0.3, -0.25) is 24.5 Å². The summed E-state index contributed by atoms with van der Waals surface area (Å²) in [6.45, 7) is 0.293. The molecule has 9 heteroatoms. The lowest BCUT2D eigenvalue weighted by atomic mass is 10.0. The van der Waals surface area contributed by atoms with Crippen LogP contribution in [-0.4, -0.2) is 39.5 Å². The van der Waals surface area contributed by atoms with E-state index in [9.17, 15) is 28.0 Å². The van der Waals surface area contributed by atoms with Crippen molar-refractivity contribution in [2.75, 3.05) is 0 Å². The van der Waals surface area contributed by atoms with Crippen molar-refractivity contribution in [2.24, 2.45) is 0 Å². The predicted octanol–water partition coefficient (Wildman–Crippen LogP) is 1.88. The average Bonchev–Trinajstić information content (AvgIpc) is 3.29. The van der Waals surface area contributed by atoms with E-state index < -0.39 is 23.6 Å². The molecular formula is C22H17F2N3O4. The fourth-order valence-corrected chi connectivity index (χ4v) is 4.46. The van der Waals surface area contributed by atoms with E-state index >= 15 is 0 Å². The number of nitrogens with zero attached hydrogens (tertiary/aromatic N) is 2. The fourth-order valence-electron chi connectivity index (χ4n) is 4.46. The van der Waals surface area contributed by atoms with Crippen LogP contribution in [-0.2, 0) is 29.2 Å². The molecule has 5 rings (SSSR count). The highest BCUT2D eigenvalue weighted by molar-refractivity contribution is 6.06. The molecule has 158 valence electrons. The number of imide groups is 1. The molecule has 2 aromatic rings. The number of rotatable bonds is 2. The topological polar surface area (TPSA) is 86.8 Å². The zero-order valence-electron chi connectivity index (χ0n) is 16.3. The molecule has 0 spiro atoms. The van der Waals surface area contributed by atoms with Crippen LogP contribution in [0, 0.1) is 11.6 Å². The normalized spacial score (nSPS) is 20.1. The molecule has 0 bridgehead atoms. The van der Waals surface area contributed by atoms with Gasteiger partial charge in [0.25, 0.3) is 11.8 Å². The van der Waals surface area contributed by atoms with E-state index in [1.807, 2.05) is 0 Å². The molecule has 1 saturated heterocycles. The first-order chi connectivity index (χ1) is 14.8. The number of nitrogens with one attached hydrogen (secondary N) is 1. The van der Waals surface area contributed by atoms with Crippen LogP contribution in [0.5, 0.6) is 0 Å². The number of benzene rings is 2. The largest absolute Gasteiger partial charge is 0.330 e. The molecule has 31 heavy (non-hydrogen) atoms. The van der Waals surface area contributed by atoms with Crippen molar-refractivity contribution in [3.63, 3.8) is 0 Å². The Labute approximate surface area is 175 Å². The average molecular weight is 425 g/mol. The number of carbonyl (C=O) groups excluding carboxylic acids is 4. The summed E-state index contributed by atoms with van der Waals surface area (Å²) >= 11 is 0. The fraction of sp³-hybridized carbons (Fsp3) is 0.273. The molecule has 2 aromatic carbocycles. The molecular weight excluding hydrogens is 408 g/mol. The lowest BCUT2D eigenvalue weighted by molar-refractivity contribution is -0.136. The first-order valence-electron chi connectivity index (χ1n) is 9.85. The van der Waals surface area contributed by atoms with Crippen molar-refractivity contribution in [3.8, 4) is 0 Å². The highest BCUT2D eigenvalue weighted by atomic mass is 19.1. The van der Waals surface area contributed by atoms with Crippen molar-refractivity contribution >= 4 is 23.6 Å². The van der Waals surface area contributed by atoms with E-state index in [2.05, 4.69) is 5.32 Å². The zero-order chi connectivity index (χ0) is 21.9. The van der Waals surface area contributed by atoms with Crippen LogP contribution in [0.3, 0.4) is 0 Å². The van der Waals surface area contributed by atoms with Crippen molar-refractivity contribution in [1.29, 1.82) is 0 Å². The molecule has 0 radical (unpaired) electrons. The first-order valence-corrected chi connectivity index (χ1v) is 9.85. The molecule has 4 amide bonds. The molecule has 3 aliphatic heterocycles. The van der Waals surface area contributed by atoms with Crippen LogP contribution in [0.1, 0.15) is 50.2 Å². The standard InChI is InChI=1S/C22H17F2N3O4/c23-14-6-13-8-26(10-16(13)17(24)7-14)21(30)11-1-2-15-12(5-11)9-27(22(15)31)18-3-4-19(28)25-20(18)29/h1-2,5-7,18H,3-4,8-10H2,(H,25,28,29). The van der Waals surface area contributed by atoms with Crippen molar-refractivity contribution < 1.29 is 28.0 Å². The van der Waals surface area contributed by atoms with Crippen LogP contribution >= 0.6 is 0 Å². The van der Waals surface area contributed by atoms with E-state index in [1.54, 1.807) is 12.1 Å². The Morgan fingerprint density at radius 3 is 2.58 bits per heavy atom. The number of hydrogen-bond donors (Lipinski definition) is 1. The molecule has 1 unspecified atom stereocenters. The third-order valence-electron chi connectivity index (χ3n) is 6.02. The Hall–Kier alpha value is -3.62. The smallest absolute Gasteiger partial charge is 0.255 e. The van der Waals surface area contributed by atoms with E-state index in [4.69, 9.17) is 0 Å². The van der Waals surface area contributed by atoms with Gasteiger partial charge in [0.2, 0.25) is 11.8 Å². The van der Waals surface area contributed by atoms with E-state index in [1.165, 1.54) is 21.9 Å². The van der Waals surface area contributed by atoms with Gasteiger partial charge in [-0.1, -0.05) is 0 Å². The molecule has 0 aliphatic carbocycles. The van der Waals surface area contributed by atoms with Crippen LogP contribution < -0.4 is 5.32 Å². The van der Waals surface area contributed by atoms with Gasteiger partial charge in [0.15, 0.2) is 0 Å². The quantitative estimate of drug-likeness (QED) is 0.745. The van der Waals surface area contributed by atoms with Crippen molar-refractivity contribution in [2.45, 2.75) is 38.5 Å². The third-order valence-corrected chi connectivity index (χ3v) is 6.02. The van der Waals surface area contributed by atoms with Gasteiger partial charge < -0.3 is 9.80 Å². The number of hydrogen-bond acceptors (Lipinski definition) is 4. The molecule has 1 fully saturated rings. The summed E-state index contributed by atoms with van der Waals surface area (Å²) in [4.78, 5) is 52.1. The minimum Gasteiger partial charge on any atom is -0.330 e. The summed E-state index contributed by atoms with van der Waals surface area (Å²) in [6, 6.07) is 5.96. The van der Waals surface area contributed by atoms with E-state index in [-0.39, 0.29) is 50.2 Å². The Morgan fingerprint density at radius 2 is 1.81 bits per heavy atom. The monoisotopic (exact) mass is 425 g/mol. The second-order valence-electron chi connectivity index (χ2n) is 7.96. The van der Waals surface area contributed by atoms with E-state index in [0.717, 1.165) is 6.07 Å². The van der Waals surface area contributed by atoms with Gasteiger partial charge in [0.1, 0.15) is 17.7 Å². The highest BCUT2D eigenvalue weighted by Gasteiger charge is 2.39. The van der Waals surface area contributed by atoms with Crippen LogP contribution in [0.2, 0.25) is 0 Å². The maximum atomic E-state index is 14.0. The summed E-state index contributed by atoms with van der Waals surface area (Å²) in [5.74, 6) is -2.90. The number of amides is 4. The minimum atomic E-state index is -0.734. The summed E-state index contributed by atoms with van der Waals surface area (Å²) < 4.78 is 27.5. The van der Waals surface area contributed by atoms with Gasteiger partial charge in [-0.15, -0.1) is 0 Å². The number of carbonyl (C=O) groups is 4. The van der Waals surface area contributed by atoms with Gasteiger partial charge in [-0.05, 0) is 41.8 Å². The summed E-state index contributed by atoms with van der Waals surface area (Å²) in [6.07, 6.45) is 0.414. The maximum Gasteiger partial charge on any atom is 0.255 e. The maximum absolute atomic E-state index is 14.0. The summed E-state index contributed by atoms with van der Waals surface area (Å²) in [5.41, 5.74) is 2.07. The Bertz CT molecular complexity index is 1180. The highest BCUT2D eigenvalue weighted by Crippen LogP contribution is 2.31. The molecule has 1 atom stereocenters. The van der Waals surface area contributed by atoms with Gasteiger partial charge in [-0.2, -0.15) is 0 Å². The lowest BCUT2D eigenvalue weighted by Gasteiger charge is -2.29. The third kappa shape index (κ3) is 3.17. The molecule has 0 saturated carbocycles. The number of halogens is 2. The SMILES string of the molecule is O=C1CCC(N2Cc3cc(C(=O)N4Cc5cc(F)cc(F)c5C4)ccc3C2=O)C(=O)N1.